The molecule has 0 bridgehead atoms. The fraction of sp³-hybridized carbons (Fsp3) is 0.0769. The third-order valence-corrected chi connectivity index (χ3v) is 4.71. The van der Waals surface area contributed by atoms with Gasteiger partial charge in [0.05, 0.1) is 0 Å². The van der Waals surface area contributed by atoms with E-state index in [0.29, 0.717) is 0 Å². The molecule has 0 heterocycles. The van der Waals surface area contributed by atoms with Gasteiger partial charge in [0.1, 0.15) is 6.07 Å². The van der Waals surface area contributed by atoms with Crippen LogP contribution in [0.25, 0.3) is 0 Å². The van der Waals surface area contributed by atoms with Crippen molar-refractivity contribution in [3.63, 3.8) is 0 Å². The molecule has 0 unspecified atom stereocenters. The normalized spacial score (nSPS) is 10.6. The van der Waals surface area contributed by atoms with Crippen LogP contribution in [0.1, 0.15) is 0 Å². The van der Waals surface area contributed by atoms with Gasteiger partial charge in [-0.05, 0) is 10.4 Å². The SMILES string of the molecule is ClCO[Si](c1ccccc1)c1ccccc1. The van der Waals surface area contributed by atoms with Crippen LogP contribution in [-0.2, 0) is 4.43 Å². The highest BCUT2D eigenvalue weighted by atomic mass is 35.5. The Balaban J connectivity index is 2.31. The van der Waals surface area contributed by atoms with Crippen molar-refractivity contribution in [2.24, 2.45) is 0 Å². The summed E-state index contributed by atoms with van der Waals surface area (Å²) in [5.74, 6) is 0. The molecule has 1 radical (unpaired) electrons. The standard InChI is InChI=1S/C13H12ClOSi/c14-11-15-16(12-7-3-1-4-8-12)13-9-5-2-6-10-13/h1-10H,11H2. The number of halogens is 1. The summed E-state index contributed by atoms with van der Waals surface area (Å²) in [5.41, 5.74) is 0. The minimum absolute atomic E-state index is 0.234. The maximum absolute atomic E-state index is 5.70. The first-order valence-corrected chi connectivity index (χ1v) is 7.02. The second-order valence-electron chi connectivity index (χ2n) is 3.31. The van der Waals surface area contributed by atoms with E-state index >= 15 is 0 Å². The largest absolute Gasteiger partial charge is 0.393 e. The zero-order valence-corrected chi connectivity index (χ0v) is 10.5. The predicted octanol–water partition coefficient (Wildman–Crippen LogP) is 2.01. The van der Waals surface area contributed by atoms with Crippen molar-refractivity contribution < 1.29 is 4.43 Å². The monoisotopic (exact) mass is 247 g/mol. The van der Waals surface area contributed by atoms with Crippen molar-refractivity contribution in [2.75, 3.05) is 6.07 Å². The molecule has 81 valence electrons. The van der Waals surface area contributed by atoms with Crippen molar-refractivity contribution in [3.8, 4) is 0 Å². The molecule has 16 heavy (non-hydrogen) atoms. The lowest BCUT2D eigenvalue weighted by Gasteiger charge is -2.13. The zero-order chi connectivity index (χ0) is 11.2. The van der Waals surface area contributed by atoms with Crippen LogP contribution in [0.2, 0.25) is 0 Å². The lowest BCUT2D eigenvalue weighted by Crippen LogP contribution is -2.44. The molecule has 0 fully saturated rings. The van der Waals surface area contributed by atoms with Crippen molar-refractivity contribution in [2.45, 2.75) is 0 Å². The smallest absolute Gasteiger partial charge is 0.284 e. The van der Waals surface area contributed by atoms with E-state index in [1.165, 1.54) is 10.4 Å². The van der Waals surface area contributed by atoms with Gasteiger partial charge in [-0.15, -0.1) is 0 Å². The summed E-state index contributed by atoms with van der Waals surface area (Å²) in [6.45, 7) is 0. The Bertz CT molecular complexity index is 379. The van der Waals surface area contributed by atoms with Crippen molar-refractivity contribution in [1.82, 2.24) is 0 Å². The molecule has 0 aliphatic rings. The summed E-state index contributed by atoms with van der Waals surface area (Å²) in [6.07, 6.45) is 0. The van der Waals surface area contributed by atoms with Gasteiger partial charge in [-0.3, -0.25) is 0 Å². The highest BCUT2D eigenvalue weighted by Gasteiger charge is 2.17. The van der Waals surface area contributed by atoms with Crippen LogP contribution < -0.4 is 10.4 Å². The predicted molar refractivity (Wildman–Crippen MR) is 69.7 cm³/mol. The lowest BCUT2D eigenvalue weighted by atomic mass is 10.4. The molecular formula is C13H12ClOSi. The first-order valence-electron chi connectivity index (χ1n) is 5.08. The average molecular weight is 248 g/mol. The molecule has 0 aliphatic carbocycles. The van der Waals surface area contributed by atoms with E-state index in [2.05, 4.69) is 24.3 Å². The summed E-state index contributed by atoms with van der Waals surface area (Å²) < 4.78 is 5.68. The molecule has 2 aromatic rings. The summed E-state index contributed by atoms with van der Waals surface area (Å²) in [4.78, 5) is 0. The molecule has 0 aliphatic heterocycles. The molecular weight excluding hydrogens is 236 g/mol. The Kier molecular flexibility index (Phi) is 4.16. The molecule has 0 saturated carbocycles. The van der Waals surface area contributed by atoms with Gasteiger partial charge >= 0.3 is 0 Å². The summed E-state index contributed by atoms with van der Waals surface area (Å²) in [5, 5.41) is 2.44. The number of hydrogen-bond donors (Lipinski definition) is 0. The average Bonchev–Trinajstić information content (AvgIpc) is 2.38. The van der Waals surface area contributed by atoms with E-state index in [0.717, 1.165) is 0 Å². The fourth-order valence-corrected chi connectivity index (χ4v) is 3.66. The topological polar surface area (TPSA) is 9.23 Å². The third-order valence-electron chi connectivity index (χ3n) is 2.27. The Labute approximate surface area is 102 Å². The van der Waals surface area contributed by atoms with Crippen LogP contribution in [0.3, 0.4) is 0 Å². The fourth-order valence-electron chi connectivity index (χ4n) is 1.57. The molecule has 0 N–H and O–H groups in total. The molecule has 2 aromatic carbocycles. The Morgan fingerprint density at radius 3 is 1.62 bits per heavy atom. The van der Waals surface area contributed by atoms with E-state index < -0.39 is 9.04 Å². The maximum atomic E-state index is 5.70. The molecule has 0 spiro atoms. The van der Waals surface area contributed by atoms with Gasteiger partial charge in [0.15, 0.2) is 0 Å². The Hall–Kier alpha value is -1.09. The maximum Gasteiger partial charge on any atom is 0.284 e. The minimum Gasteiger partial charge on any atom is -0.393 e. The second kappa shape index (κ2) is 5.85. The van der Waals surface area contributed by atoms with Crippen LogP contribution in [0, 0.1) is 0 Å². The first-order chi connectivity index (χ1) is 7.92. The van der Waals surface area contributed by atoms with E-state index in [-0.39, 0.29) is 6.07 Å². The molecule has 0 saturated heterocycles. The number of benzene rings is 2. The molecule has 3 heteroatoms. The number of rotatable bonds is 4. The van der Waals surface area contributed by atoms with Gasteiger partial charge in [0, 0.05) is 0 Å². The van der Waals surface area contributed by atoms with Gasteiger partial charge in [0.25, 0.3) is 9.04 Å². The highest BCUT2D eigenvalue weighted by molar-refractivity contribution is 6.80. The van der Waals surface area contributed by atoms with Crippen molar-refractivity contribution in [3.05, 3.63) is 60.7 Å². The van der Waals surface area contributed by atoms with Crippen LogP contribution in [0.4, 0.5) is 0 Å². The molecule has 1 nitrogen and oxygen atoms in total. The third kappa shape index (κ3) is 2.73. The van der Waals surface area contributed by atoms with Crippen LogP contribution in [0.15, 0.2) is 60.7 Å². The second-order valence-corrected chi connectivity index (χ2v) is 5.63. The van der Waals surface area contributed by atoms with Crippen LogP contribution in [-0.4, -0.2) is 15.1 Å². The van der Waals surface area contributed by atoms with Gasteiger partial charge in [-0.2, -0.15) is 0 Å². The molecule has 0 amide bonds. The van der Waals surface area contributed by atoms with E-state index in [1.54, 1.807) is 0 Å². The van der Waals surface area contributed by atoms with Crippen molar-refractivity contribution >= 4 is 31.0 Å². The van der Waals surface area contributed by atoms with Gasteiger partial charge < -0.3 is 4.43 Å². The summed E-state index contributed by atoms with van der Waals surface area (Å²) >= 11 is 5.70. The van der Waals surface area contributed by atoms with E-state index in [9.17, 15) is 0 Å². The molecule has 2 rings (SSSR count). The summed E-state index contributed by atoms with van der Waals surface area (Å²) in [7, 11) is -1.18. The lowest BCUT2D eigenvalue weighted by molar-refractivity contribution is 0.410. The van der Waals surface area contributed by atoms with Gasteiger partial charge in [-0.25, -0.2) is 0 Å². The summed E-state index contributed by atoms with van der Waals surface area (Å²) in [6, 6.07) is 20.7. The zero-order valence-electron chi connectivity index (χ0n) is 8.77. The van der Waals surface area contributed by atoms with Gasteiger partial charge in [-0.1, -0.05) is 72.3 Å². The van der Waals surface area contributed by atoms with E-state index in [4.69, 9.17) is 16.0 Å². The Morgan fingerprint density at radius 1 is 0.812 bits per heavy atom. The van der Waals surface area contributed by atoms with Crippen LogP contribution in [0.5, 0.6) is 0 Å². The first kappa shape index (κ1) is 11.4. The number of alkyl halides is 1. The quantitative estimate of drug-likeness (QED) is 0.593. The molecule has 0 aromatic heterocycles. The Morgan fingerprint density at radius 2 is 1.25 bits per heavy atom. The molecule has 0 atom stereocenters. The number of hydrogen-bond acceptors (Lipinski definition) is 1. The van der Waals surface area contributed by atoms with E-state index in [1.807, 2.05) is 36.4 Å². The minimum atomic E-state index is -1.18. The van der Waals surface area contributed by atoms with Crippen molar-refractivity contribution in [1.29, 1.82) is 0 Å². The van der Waals surface area contributed by atoms with Crippen LogP contribution >= 0.6 is 11.6 Å². The highest BCUT2D eigenvalue weighted by Crippen LogP contribution is 1.95. The van der Waals surface area contributed by atoms with Gasteiger partial charge in [0.2, 0.25) is 0 Å².